The van der Waals surface area contributed by atoms with E-state index in [1.165, 1.54) is 0 Å². The minimum absolute atomic E-state index is 0.242. The highest BCUT2D eigenvalue weighted by Gasteiger charge is 2.45. The van der Waals surface area contributed by atoms with Crippen molar-refractivity contribution >= 4 is 12.1 Å². The van der Waals surface area contributed by atoms with Crippen molar-refractivity contribution in [1.29, 1.82) is 0 Å². The topological polar surface area (TPSA) is 65.1 Å². The van der Waals surface area contributed by atoms with Crippen LogP contribution in [0.3, 0.4) is 0 Å². The highest BCUT2D eigenvalue weighted by molar-refractivity contribution is 5.90. The highest BCUT2D eigenvalue weighted by Crippen LogP contribution is 2.44. The molecule has 0 spiro atoms. The lowest BCUT2D eigenvalue weighted by molar-refractivity contribution is -0.203. The van der Waals surface area contributed by atoms with Crippen LogP contribution in [0.15, 0.2) is 72.5 Å². The van der Waals surface area contributed by atoms with Crippen LogP contribution < -0.4 is 0 Å². The zero-order chi connectivity index (χ0) is 23.3. The minimum Gasteiger partial charge on any atom is -0.460 e. The molecule has 1 amide bonds. The van der Waals surface area contributed by atoms with Crippen LogP contribution in [0, 0.1) is 5.41 Å². The molecule has 0 N–H and O–H groups in total. The first-order valence-corrected chi connectivity index (χ1v) is 11.5. The van der Waals surface area contributed by atoms with Crippen molar-refractivity contribution in [3.8, 4) is 0 Å². The second kappa shape index (κ2) is 9.69. The SMILES string of the molecule is CC1(C)OC=C(C2(Cc3ccccc3)CCCN(C(=O)OCc3ccccc3)CC2)C(=O)O1. The van der Waals surface area contributed by atoms with Crippen molar-refractivity contribution in [1.82, 2.24) is 4.90 Å². The van der Waals surface area contributed by atoms with Crippen LogP contribution in [0.1, 0.15) is 44.2 Å². The van der Waals surface area contributed by atoms with E-state index in [0.717, 1.165) is 24.0 Å². The fourth-order valence-corrected chi connectivity index (χ4v) is 4.61. The van der Waals surface area contributed by atoms with Gasteiger partial charge in [-0.05, 0) is 36.8 Å². The van der Waals surface area contributed by atoms with Crippen LogP contribution in [-0.4, -0.2) is 35.8 Å². The molecule has 1 fully saturated rings. The monoisotopic (exact) mass is 449 g/mol. The molecule has 0 aliphatic carbocycles. The number of nitrogens with zero attached hydrogens (tertiary/aromatic N) is 1. The van der Waals surface area contributed by atoms with Crippen LogP contribution in [0.5, 0.6) is 0 Å². The normalized spacial score (nSPS) is 22.4. The van der Waals surface area contributed by atoms with Crippen LogP contribution in [0.25, 0.3) is 0 Å². The Balaban J connectivity index is 1.52. The molecular weight excluding hydrogens is 418 g/mol. The predicted octanol–water partition coefficient (Wildman–Crippen LogP) is 5.23. The Kier molecular flexibility index (Phi) is 6.72. The minimum atomic E-state index is -0.980. The summed E-state index contributed by atoms with van der Waals surface area (Å²) >= 11 is 0. The molecule has 0 saturated carbocycles. The van der Waals surface area contributed by atoms with E-state index >= 15 is 0 Å². The molecular formula is C27H31NO5. The van der Waals surface area contributed by atoms with Gasteiger partial charge in [0.2, 0.25) is 5.79 Å². The fourth-order valence-electron chi connectivity index (χ4n) is 4.61. The van der Waals surface area contributed by atoms with Crippen molar-refractivity contribution in [2.45, 2.75) is 51.9 Å². The van der Waals surface area contributed by atoms with Gasteiger partial charge in [-0.25, -0.2) is 9.59 Å². The first kappa shape index (κ1) is 22.9. The third-order valence-corrected chi connectivity index (χ3v) is 6.38. The average Bonchev–Trinajstić information content (AvgIpc) is 3.01. The molecule has 1 unspecified atom stereocenters. The number of hydrogen-bond donors (Lipinski definition) is 0. The highest BCUT2D eigenvalue weighted by atomic mass is 16.7. The second-order valence-corrected chi connectivity index (χ2v) is 9.26. The number of esters is 1. The quantitative estimate of drug-likeness (QED) is 0.585. The number of carbonyl (C=O) groups excluding carboxylic acids is 2. The average molecular weight is 450 g/mol. The van der Waals surface area contributed by atoms with Crippen molar-refractivity contribution in [2.75, 3.05) is 13.1 Å². The van der Waals surface area contributed by atoms with Crippen molar-refractivity contribution in [2.24, 2.45) is 5.41 Å². The molecule has 1 saturated heterocycles. The number of benzene rings is 2. The van der Waals surface area contributed by atoms with Gasteiger partial charge in [-0.15, -0.1) is 0 Å². The Hall–Kier alpha value is -3.28. The van der Waals surface area contributed by atoms with E-state index < -0.39 is 11.2 Å². The summed E-state index contributed by atoms with van der Waals surface area (Å²) in [6, 6.07) is 19.8. The number of likely N-dealkylation sites (tertiary alicyclic amines) is 1. The van der Waals surface area contributed by atoms with Gasteiger partial charge in [0.25, 0.3) is 0 Å². The summed E-state index contributed by atoms with van der Waals surface area (Å²) in [5.74, 6) is -1.32. The van der Waals surface area contributed by atoms with Gasteiger partial charge in [-0.2, -0.15) is 0 Å². The Morgan fingerprint density at radius 2 is 1.64 bits per heavy atom. The van der Waals surface area contributed by atoms with Gasteiger partial charge in [0.15, 0.2) is 0 Å². The zero-order valence-corrected chi connectivity index (χ0v) is 19.3. The van der Waals surface area contributed by atoms with Gasteiger partial charge in [-0.1, -0.05) is 60.7 Å². The summed E-state index contributed by atoms with van der Waals surface area (Å²) in [4.78, 5) is 27.6. The Bertz CT molecular complexity index is 1000. The summed E-state index contributed by atoms with van der Waals surface area (Å²) in [6.07, 6.45) is 4.04. The lowest BCUT2D eigenvalue weighted by Gasteiger charge is -2.39. The number of hydrogen-bond acceptors (Lipinski definition) is 5. The van der Waals surface area contributed by atoms with E-state index in [2.05, 4.69) is 12.1 Å². The third-order valence-electron chi connectivity index (χ3n) is 6.38. The predicted molar refractivity (Wildman–Crippen MR) is 124 cm³/mol. The smallest absolute Gasteiger partial charge is 0.410 e. The first-order chi connectivity index (χ1) is 15.9. The lowest BCUT2D eigenvalue weighted by Crippen LogP contribution is -2.41. The molecule has 2 aromatic carbocycles. The molecule has 6 heteroatoms. The standard InChI is InChI=1S/C27H31NO5/c1-26(2)32-20-23(24(29)33-26)27(18-21-10-5-3-6-11-21)14-9-16-28(17-15-27)25(30)31-19-22-12-7-4-8-13-22/h3-8,10-13,20H,9,14-19H2,1-2H3. The summed E-state index contributed by atoms with van der Waals surface area (Å²) in [6.45, 7) is 4.76. The van der Waals surface area contributed by atoms with Crippen molar-refractivity contribution < 1.29 is 23.8 Å². The molecule has 6 nitrogen and oxygen atoms in total. The van der Waals surface area contributed by atoms with Gasteiger partial charge < -0.3 is 19.1 Å². The van der Waals surface area contributed by atoms with E-state index in [0.29, 0.717) is 31.5 Å². The van der Waals surface area contributed by atoms with E-state index in [4.69, 9.17) is 14.2 Å². The van der Waals surface area contributed by atoms with Crippen LogP contribution in [0.4, 0.5) is 4.79 Å². The maximum atomic E-state index is 13.0. The van der Waals surface area contributed by atoms with Gasteiger partial charge in [0.1, 0.15) is 6.61 Å². The summed E-state index contributed by atoms with van der Waals surface area (Å²) in [5, 5.41) is 0. The number of cyclic esters (lactones) is 1. The Morgan fingerprint density at radius 3 is 2.30 bits per heavy atom. The lowest BCUT2D eigenvalue weighted by atomic mass is 9.70. The Labute approximate surface area is 195 Å². The van der Waals surface area contributed by atoms with Crippen LogP contribution in [-0.2, 0) is 32.0 Å². The molecule has 0 aromatic heterocycles. The number of carbonyl (C=O) groups is 2. The van der Waals surface area contributed by atoms with E-state index in [1.807, 2.05) is 48.5 Å². The van der Waals surface area contributed by atoms with E-state index in [-0.39, 0.29) is 18.7 Å². The fraction of sp³-hybridized carbons (Fsp3) is 0.407. The number of ether oxygens (including phenoxy) is 3. The summed E-state index contributed by atoms with van der Waals surface area (Å²) in [7, 11) is 0. The number of amides is 1. The molecule has 1 atom stereocenters. The molecule has 2 aromatic rings. The van der Waals surface area contributed by atoms with Gasteiger partial charge in [0.05, 0.1) is 11.8 Å². The third kappa shape index (κ3) is 5.56. The van der Waals surface area contributed by atoms with E-state index in [9.17, 15) is 9.59 Å². The Morgan fingerprint density at radius 1 is 0.970 bits per heavy atom. The molecule has 0 bridgehead atoms. The largest absolute Gasteiger partial charge is 0.460 e. The van der Waals surface area contributed by atoms with Crippen LogP contribution >= 0.6 is 0 Å². The van der Waals surface area contributed by atoms with Gasteiger partial charge in [-0.3, -0.25) is 0 Å². The molecule has 4 rings (SSSR count). The number of rotatable bonds is 5. The molecule has 2 heterocycles. The molecule has 0 radical (unpaired) electrons. The summed E-state index contributed by atoms with van der Waals surface area (Å²) in [5.41, 5.74) is 2.15. The van der Waals surface area contributed by atoms with Crippen LogP contribution in [0.2, 0.25) is 0 Å². The van der Waals surface area contributed by atoms with Gasteiger partial charge >= 0.3 is 12.1 Å². The zero-order valence-electron chi connectivity index (χ0n) is 19.3. The molecule has 33 heavy (non-hydrogen) atoms. The second-order valence-electron chi connectivity index (χ2n) is 9.26. The maximum absolute atomic E-state index is 13.0. The first-order valence-electron chi connectivity index (χ1n) is 11.5. The van der Waals surface area contributed by atoms with Gasteiger partial charge in [0, 0.05) is 32.4 Å². The summed E-state index contributed by atoms with van der Waals surface area (Å²) < 4.78 is 16.9. The maximum Gasteiger partial charge on any atom is 0.410 e. The van der Waals surface area contributed by atoms with Crippen molar-refractivity contribution in [3.63, 3.8) is 0 Å². The molecule has 174 valence electrons. The van der Waals surface area contributed by atoms with Crippen molar-refractivity contribution in [3.05, 3.63) is 83.6 Å². The molecule has 2 aliphatic rings. The molecule has 2 aliphatic heterocycles. The van der Waals surface area contributed by atoms with E-state index in [1.54, 1.807) is 25.0 Å².